The van der Waals surface area contributed by atoms with Gasteiger partial charge in [-0.25, -0.2) is 4.39 Å². The van der Waals surface area contributed by atoms with Crippen molar-refractivity contribution in [1.82, 2.24) is 5.16 Å². The highest BCUT2D eigenvalue weighted by Crippen LogP contribution is 2.15. The summed E-state index contributed by atoms with van der Waals surface area (Å²) < 4.78 is 17.3. The first kappa shape index (κ1) is 5.41. The molecule has 0 amide bonds. The van der Waals surface area contributed by atoms with E-state index in [1.54, 1.807) is 12.1 Å². The van der Waals surface area contributed by atoms with Crippen LogP contribution in [0.15, 0.2) is 28.9 Å². The number of nitrogens with zero attached hydrogens (tertiary/aromatic N) is 1. The Morgan fingerprint density at radius 1 is 1.40 bits per heavy atom. The molecule has 0 saturated carbocycles. The van der Waals surface area contributed by atoms with Gasteiger partial charge in [-0.05, 0) is 12.1 Å². The number of aromatic nitrogens is 1. The lowest BCUT2D eigenvalue weighted by Crippen LogP contribution is -1.70. The molecule has 0 radical (unpaired) electrons. The normalized spacial score (nSPS) is 10.5. The summed E-state index contributed by atoms with van der Waals surface area (Å²) in [7, 11) is 0. The van der Waals surface area contributed by atoms with E-state index >= 15 is 0 Å². The minimum absolute atomic E-state index is 0.225. The molecule has 0 aliphatic rings. The molecule has 1 aromatic carbocycles. The average Bonchev–Trinajstić information content (AvgIpc) is 2.36. The quantitative estimate of drug-likeness (QED) is 0.554. The highest BCUT2D eigenvalue weighted by atomic mass is 19.1. The van der Waals surface area contributed by atoms with E-state index in [0.29, 0.717) is 5.39 Å². The Morgan fingerprint density at radius 3 is 3.10 bits per heavy atom. The number of hydrogen-bond donors (Lipinski definition) is 0. The second-order valence-corrected chi connectivity index (χ2v) is 1.98. The molecule has 0 fully saturated rings. The lowest BCUT2D eigenvalue weighted by Gasteiger charge is -1.84. The molecular weight excluding hydrogens is 133 g/mol. The smallest absolute Gasteiger partial charge is 0.202 e. The molecule has 1 heterocycles. The van der Waals surface area contributed by atoms with Gasteiger partial charge in [-0.15, -0.1) is 0 Å². The second kappa shape index (κ2) is 1.80. The molecule has 0 spiro atoms. The van der Waals surface area contributed by atoms with Crippen molar-refractivity contribution < 1.29 is 8.91 Å². The van der Waals surface area contributed by atoms with Crippen molar-refractivity contribution in [3.8, 4) is 0 Å². The number of hydrogen-bond acceptors (Lipinski definition) is 2. The summed E-state index contributed by atoms with van der Waals surface area (Å²) in [4.78, 5) is 0. The van der Waals surface area contributed by atoms with Crippen LogP contribution in [0.1, 0.15) is 0 Å². The average molecular weight is 137 g/mol. The molecule has 3 heteroatoms. The molecule has 0 unspecified atom stereocenters. The third-order valence-electron chi connectivity index (χ3n) is 1.33. The van der Waals surface area contributed by atoms with E-state index in [4.69, 9.17) is 0 Å². The molecule has 0 saturated heterocycles. The fraction of sp³-hybridized carbons (Fsp3) is 0. The number of halogens is 1. The Kier molecular flexibility index (Phi) is 0.974. The third-order valence-corrected chi connectivity index (χ3v) is 1.33. The fourth-order valence-electron chi connectivity index (χ4n) is 0.859. The SMILES string of the molecule is Fc1cccc2cnoc12. The Morgan fingerprint density at radius 2 is 2.30 bits per heavy atom. The van der Waals surface area contributed by atoms with Crippen molar-refractivity contribution in [3.05, 3.63) is 30.2 Å². The number of fused-ring (bicyclic) bond motifs is 1. The molecule has 10 heavy (non-hydrogen) atoms. The molecule has 2 aromatic rings. The van der Waals surface area contributed by atoms with Gasteiger partial charge in [-0.3, -0.25) is 0 Å². The van der Waals surface area contributed by atoms with Crippen LogP contribution in [0.2, 0.25) is 0 Å². The summed E-state index contributed by atoms with van der Waals surface area (Å²) in [5, 5.41) is 4.14. The minimum atomic E-state index is -0.366. The summed E-state index contributed by atoms with van der Waals surface area (Å²) in [6.45, 7) is 0. The van der Waals surface area contributed by atoms with Gasteiger partial charge in [0.25, 0.3) is 0 Å². The summed E-state index contributed by atoms with van der Waals surface area (Å²) in [6.07, 6.45) is 1.48. The lowest BCUT2D eigenvalue weighted by molar-refractivity contribution is 0.440. The first-order chi connectivity index (χ1) is 4.88. The van der Waals surface area contributed by atoms with Crippen molar-refractivity contribution in [2.75, 3.05) is 0 Å². The molecule has 2 rings (SSSR count). The van der Waals surface area contributed by atoms with E-state index in [2.05, 4.69) is 9.68 Å². The van der Waals surface area contributed by atoms with Crippen LogP contribution in [0.4, 0.5) is 4.39 Å². The van der Waals surface area contributed by atoms with E-state index in [1.165, 1.54) is 12.3 Å². The van der Waals surface area contributed by atoms with E-state index < -0.39 is 0 Å². The topological polar surface area (TPSA) is 26.0 Å². The van der Waals surface area contributed by atoms with Gasteiger partial charge in [0.2, 0.25) is 5.58 Å². The van der Waals surface area contributed by atoms with Gasteiger partial charge in [0.15, 0.2) is 5.82 Å². The van der Waals surface area contributed by atoms with Gasteiger partial charge in [-0.2, -0.15) is 0 Å². The van der Waals surface area contributed by atoms with Gasteiger partial charge >= 0.3 is 0 Å². The van der Waals surface area contributed by atoms with E-state index in [0.717, 1.165) is 0 Å². The monoisotopic (exact) mass is 137 g/mol. The first-order valence-corrected chi connectivity index (χ1v) is 2.87. The van der Waals surface area contributed by atoms with Gasteiger partial charge in [0.1, 0.15) is 0 Å². The van der Waals surface area contributed by atoms with Crippen molar-refractivity contribution in [2.24, 2.45) is 0 Å². The summed E-state index contributed by atoms with van der Waals surface area (Å²) in [5.41, 5.74) is 0.225. The predicted octanol–water partition coefficient (Wildman–Crippen LogP) is 1.97. The molecular formula is C7H4FNO. The Labute approximate surface area is 56.2 Å². The minimum Gasteiger partial charge on any atom is -0.353 e. The standard InChI is InChI=1S/C7H4FNO/c8-6-3-1-2-5-4-9-10-7(5)6/h1-4H. The zero-order valence-corrected chi connectivity index (χ0v) is 5.04. The summed E-state index contributed by atoms with van der Waals surface area (Å²) in [5.74, 6) is -0.366. The Hall–Kier alpha value is -1.38. The molecule has 0 aliphatic carbocycles. The Balaban J connectivity index is 2.95. The van der Waals surface area contributed by atoms with E-state index in [-0.39, 0.29) is 11.4 Å². The molecule has 1 aromatic heterocycles. The number of rotatable bonds is 0. The van der Waals surface area contributed by atoms with Crippen LogP contribution in [-0.2, 0) is 0 Å². The summed E-state index contributed by atoms with van der Waals surface area (Å²) in [6, 6.07) is 4.71. The van der Waals surface area contributed by atoms with Gasteiger partial charge in [-0.1, -0.05) is 11.2 Å². The largest absolute Gasteiger partial charge is 0.353 e. The zero-order valence-electron chi connectivity index (χ0n) is 5.04. The highest BCUT2D eigenvalue weighted by molar-refractivity contribution is 5.75. The zero-order chi connectivity index (χ0) is 6.97. The lowest BCUT2D eigenvalue weighted by atomic mass is 10.3. The van der Waals surface area contributed by atoms with E-state index in [1.807, 2.05) is 0 Å². The third kappa shape index (κ3) is 0.603. The number of benzene rings is 1. The van der Waals surface area contributed by atoms with Gasteiger partial charge < -0.3 is 4.52 Å². The van der Waals surface area contributed by atoms with Crippen LogP contribution >= 0.6 is 0 Å². The van der Waals surface area contributed by atoms with Crippen LogP contribution < -0.4 is 0 Å². The van der Waals surface area contributed by atoms with Crippen molar-refractivity contribution in [2.45, 2.75) is 0 Å². The molecule has 0 bridgehead atoms. The maximum atomic E-state index is 12.7. The molecule has 0 atom stereocenters. The highest BCUT2D eigenvalue weighted by Gasteiger charge is 2.01. The molecule has 2 nitrogen and oxygen atoms in total. The van der Waals surface area contributed by atoms with E-state index in [9.17, 15) is 4.39 Å². The summed E-state index contributed by atoms with van der Waals surface area (Å²) >= 11 is 0. The number of para-hydroxylation sites is 1. The Bertz CT molecular complexity index is 355. The van der Waals surface area contributed by atoms with Crippen molar-refractivity contribution >= 4 is 11.0 Å². The van der Waals surface area contributed by atoms with Crippen molar-refractivity contribution in [3.63, 3.8) is 0 Å². The van der Waals surface area contributed by atoms with Crippen molar-refractivity contribution in [1.29, 1.82) is 0 Å². The van der Waals surface area contributed by atoms with Crippen LogP contribution in [0.3, 0.4) is 0 Å². The second-order valence-electron chi connectivity index (χ2n) is 1.98. The first-order valence-electron chi connectivity index (χ1n) is 2.87. The maximum Gasteiger partial charge on any atom is 0.202 e. The van der Waals surface area contributed by atoms with Crippen LogP contribution in [0, 0.1) is 5.82 Å². The molecule has 0 N–H and O–H groups in total. The van der Waals surface area contributed by atoms with Gasteiger partial charge in [0.05, 0.1) is 6.20 Å². The van der Waals surface area contributed by atoms with Gasteiger partial charge in [0, 0.05) is 5.39 Å². The van der Waals surface area contributed by atoms with Crippen LogP contribution in [0.5, 0.6) is 0 Å². The molecule has 50 valence electrons. The fourth-order valence-corrected chi connectivity index (χ4v) is 0.859. The molecule has 0 aliphatic heterocycles. The van der Waals surface area contributed by atoms with Crippen LogP contribution in [-0.4, -0.2) is 5.16 Å². The maximum absolute atomic E-state index is 12.7. The van der Waals surface area contributed by atoms with Crippen LogP contribution in [0.25, 0.3) is 11.0 Å². The predicted molar refractivity (Wildman–Crippen MR) is 34.0 cm³/mol.